The molecule has 0 aliphatic heterocycles. The highest BCUT2D eigenvalue weighted by atomic mass is 79.9. The summed E-state index contributed by atoms with van der Waals surface area (Å²) in [5.74, 6) is 0. The van der Waals surface area contributed by atoms with E-state index in [1.54, 1.807) is 0 Å². The maximum atomic E-state index is 4.46. The van der Waals surface area contributed by atoms with E-state index in [1.807, 2.05) is 14.0 Å². The molecular formula is C10H18BrN3. The van der Waals surface area contributed by atoms with Gasteiger partial charge >= 0.3 is 0 Å². The maximum absolute atomic E-state index is 4.46. The molecule has 1 aromatic rings. The Morgan fingerprint density at radius 3 is 2.79 bits per heavy atom. The Balaban J connectivity index is 2.72. The molecule has 4 heteroatoms. The van der Waals surface area contributed by atoms with Crippen LogP contribution >= 0.6 is 15.9 Å². The predicted octanol–water partition coefficient (Wildman–Crippen LogP) is 2.13. The van der Waals surface area contributed by atoms with E-state index in [4.69, 9.17) is 0 Å². The van der Waals surface area contributed by atoms with E-state index in [1.165, 1.54) is 10.2 Å². The van der Waals surface area contributed by atoms with Crippen molar-refractivity contribution in [1.29, 1.82) is 0 Å². The number of rotatable bonds is 5. The lowest BCUT2D eigenvalue weighted by Crippen LogP contribution is -2.10. The van der Waals surface area contributed by atoms with Gasteiger partial charge in [0.25, 0.3) is 0 Å². The third-order valence-electron chi connectivity index (χ3n) is 2.29. The van der Waals surface area contributed by atoms with E-state index in [0.717, 1.165) is 31.6 Å². The van der Waals surface area contributed by atoms with Crippen molar-refractivity contribution in [3.8, 4) is 0 Å². The lowest BCUT2D eigenvalue weighted by molar-refractivity contribution is 0.599. The van der Waals surface area contributed by atoms with Crippen LogP contribution < -0.4 is 5.32 Å². The Bertz CT molecular complexity index is 294. The van der Waals surface area contributed by atoms with Gasteiger partial charge in [-0.2, -0.15) is 5.10 Å². The molecule has 0 saturated carbocycles. The number of nitrogens with one attached hydrogen (secondary N) is 1. The van der Waals surface area contributed by atoms with Gasteiger partial charge in [0.1, 0.15) is 0 Å². The van der Waals surface area contributed by atoms with Crippen molar-refractivity contribution >= 4 is 15.9 Å². The van der Waals surface area contributed by atoms with E-state index in [-0.39, 0.29) is 0 Å². The van der Waals surface area contributed by atoms with Crippen molar-refractivity contribution in [2.45, 2.75) is 33.2 Å². The second-order valence-electron chi connectivity index (χ2n) is 3.37. The van der Waals surface area contributed by atoms with Gasteiger partial charge in [-0.3, -0.25) is 4.68 Å². The molecular weight excluding hydrogens is 242 g/mol. The van der Waals surface area contributed by atoms with Crippen molar-refractivity contribution in [2.24, 2.45) is 0 Å². The van der Waals surface area contributed by atoms with Gasteiger partial charge in [0.2, 0.25) is 0 Å². The average molecular weight is 260 g/mol. The molecule has 1 N–H and O–H groups in total. The van der Waals surface area contributed by atoms with Crippen LogP contribution in [0.3, 0.4) is 0 Å². The lowest BCUT2D eigenvalue weighted by atomic mass is 10.2. The smallest absolute Gasteiger partial charge is 0.0738 e. The predicted molar refractivity (Wildman–Crippen MR) is 62.6 cm³/mol. The van der Waals surface area contributed by atoms with Crippen LogP contribution in [0.1, 0.15) is 24.7 Å². The molecule has 0 amide bonds. The second-order valence-corrected chi connectivity index (χ2v) is 4.16. The van der Waals surface area contributed by atoms with Gasteiger partial charge in [0.15, 0.2) is 0 Å². The Labute approximate surface area is 94.0 Å². The molecule has 0 atom stereocenters. The molecule has 80 valence electrons. The molecule has 14 heavy (non-hydrogen) atoms. The van der Waals surface area contributed by atoms with E-state index < -0.39 is 0 Å². The first-order chi connectivity index (χ1) is 6.70. The fraction of sp³-hybridized carbons (Fsp3) is 0.700. The first kappa shape index (κ1) is 11.7. The van der Waals surface area contributed by atoms with Crippen LogP contribution in [0, 0.1) is 6.92 Å². The summed E-state index contributed by atoms with van der Waals surface area (Å²) in [5.41, 5.74) is 2.41. The van der Waals surface area contributed by atoms with Crippen molar-refractivity contribution in [3.63, 3.8) is 0 Å². The fourth-order valence-corrected chi connectivity index (χ4v) is 2.02. The van der Waals surface area contributed by atoms with E-state index in [0.29, 0.717) is 0 Å². The summed E-state index contributed by atoms with van der Waals surface area (Å²) in [4.78, 5) is 0. The largest absolute Gasteiger partial charge is 0.320 e. The molecule has 0 bridgehead atoms. The first-order valence-corrected chi connectivity index (χ1v) is 5.86. The van der Waals surface area contributed by atoms with Gasteiger partial charge < -0.3 is 5.32 Å². The monoisotopic (exact) mass is 259 g/mol. The Kier molecular flexibility index (Phi) is 4.62. The molecule has 1 rings (SSSR count). The van der Waals surface area contributed by atoms with Gasteiger partial charge in [0, 0.05) is 6.54 Å². The molecule has 0 unspecified atom stereocenters. The molecule has 0 radical (unpaired) electrons. The highest BCUT2D eigenvalue weighted by Gasteiger charge is 2.10. The molecule has 1 aromatic heterocycles. The summed E-state index contributed by atoms with van der Waals surface area (Å²) in [6, 6.07) is 0. The third-order valence-corrected chi connectivity index (χ3v) is 3.32. The Hall–Kier alpha value is -0.350. The number of halogens is 1. The summed E-state index contributed by atoms with van der Waals surface area (Å²) >= 11 is 3.59. The van der Waals surface area contributed by atoms with E-state index in [2.05, 4.69) is 38.0 Å². The minimum Gasteiger partial charge on any atom is -0.320 e. The number of nitrogens with zero attached hydrogens (tertiary/aromatic N) is 2. The summed E-state index contributed by atoms with van der Waals surface area (Å²) in [6.45, 7) is 6.17. The molecule has 0 aliphatic carbocycles. The van der Waals surface area contributed by atoms with Crippen LogP contribution in [0.15, 0.2) is 4.47 Å². The van der Waals surface area contributed by atoms with Crippen LogP contribution in [0.5, 0.6) is 0 Å². The van der Waals surface area contributed by atoms with Crippen LogP contribution in [0.2, 0.25) is 0 Å². The number of aromatic nitrogens is 2. The van der Waals surface area contributed by atoms with Gasteiger partial charge in [-0.15, -0.1) is 0 Å². The quantitative estimate of drug-likeness (QED) is 0.822. The van der Waals surface area contributed by atoms with Crippen LogP contribution in [0.4, 0.5) is 0 Å². The van der Waals surface area contributed by atoms with Gasteiger partial charge in [-0.05, 0) is 56.2 Å². The molecule has 0 spiro atoms. The maximum Gasteiger partial charge on any atom is 0.0738 e. The lowest BCUT2D eigenvalue weighted by Gasteiger charge is -2.04. The molecule has 1 heterocycles. The van der Waals surface area contributed by atoms with Crippen LogP contribution in [-0.4, -0.2) is 23.4 Å². The minimum absolute atomic E-state index is 0.946. The summed E-state index contributed by atoms with van der Waals surface area (Å²) in [6.07, 6.45) is 2.23. The van der Waals surface area contributed by atoms with Crippen molar-refractivity contribution < 1.29 is 0 Å². The van der Waals surface area contributed by atoms with Crippen molar-refractivity contribution in [1.82, 2.24) is 15.1 Å². The fourth-order valence-electron chi connectivity index (χ4n) is 1.54. The Morgan fingerprint density at radius 2 is 2.21 bits per heavy atom. The second kappa shape index (κ2) is 5.51. The Morgan fingerprint density at radius 1 is 1.50 bits per heavy atom. The van der Waals surface area contributed by atoms with E-state index in [9.17, 15) is 0 Å². The molecule has 3 nitrogen and oxygen atoms in total. The van der Waals surface area contributed by atoms with Crippen molar-refractivity contribution in [3.05, 3.63) is 15.9 Å². The van der Waals surface area contributed by atoms with Gasteiger partial charge in [0.05, 0.1) is 15.9 Å². The molecule has 0 aliphatic rings. The summed E-state index contributed by atoms with van der Waals surface area (Å²) in [7, 11) is 1.98. The van der Waals surface area contributed by atoms with Crippen LogP contribution in [-0.2, 0) is 13.0 Å². The number of aryl methyl sites for hydroxylation is 2. The molecule has 0 saturated heterocycles. The molecule has 0 fully saturated rings. The highest BCUT2D eigenvalue weighted by molar-refractivity contribution is 9.10. The standard InChI is InChI=1S/C10H18BrN3/c1-4-14-9(6-5-7-12-3)10(11)8(2)13-14/h12H,4-7H2,1-3H3. The topological polar surface area (TPSA) is 29.9 Å². The summed E-state index contributed by atoms with van der Waals surface area (Å²) < 4.78 is 3.25. The third kappa shape index (κ3) is 2.58. The SMILES string of the molecule is CCn1nc(C)c(Br)c1CCCNC. The number of hydrogen-bond donors (Lipinski definition) is 1. The normalized spacial score (nSPS) is 10.9. The molecule has 0 aromatic carbocycles. The van der Waals surface area contributed by atoms with Gasteiger partial charge in [-0.25, -0.2) is 0 Å². The summed E-state index contributed by atoms with van der Waals surface area (Å²) in [5, 5.41) is 7.61. The van der Waals surface area contributed by atoms with Gasteiger partial charge in [-0.1, -0.05) is 0 Å². The zero-order chi connectivity index (χ0) is 10.6. The first-order valence-electron chi connectivity index (χ1n) is 5.07. The van der Waals surface area contributed by atoms with Crippen LogP contribution in [0.25, 0.3) is 0 Å². The minimum atomic E-state index is 0.946. The zero-order valence-electron chi connectivity index (χ0n) is 9.10. The average Bonchev–Trinajstić information content (AvgIpc) is 2.45. The van der Waals surface area contributed by atoms with Crippen molar-refractivity contribution in [2.75, 3.05) is 13.6 Å². The zero-order valence-corrected chi connectivity index (χ0v) is 10.7. The highest BCUT2D eigenvalue weighted by Crippen LogP contribution is 2.21. The van der Waals surface area contributed by atoms with E-state index >= 15 is 0 Å². The number of hydrogen-bond acceptors (Lipinski definition) is 2.